The zero-order chi connectivity index (χ0) is 14.1. The van der Waals surface area contributed by atoms with Crippen LogP contribution in [-0.4, -0.2) is 13.2 Å². The molecule has 0 aromatic heterocycles. The van der Waals surface area contributed by atoms with Crippen LogP contribution in [0.3, 0.4) is 0 Å². The summed E-state index contributed by atoms with van der Waals surface area (Å²) in [5.74, 6) is 0.734. The van der Waals surface area contributed by atoms with Crippen molar-refractivity contribution in [3.8, 4) is 5.75 Å². The normalized spacial score (nSPS) is 17.7. The molecule has 0 saturated heterocycles. The lowest BCUT2D eigenvalue weighted by Crippen LogP contribution is -2.33. The fraction of sp³-hybridized carbons (Fsp3) is 0.294. The van der Waals surface area contributed by atoms with Crippen LogP contribution in [0.4, 0.5) is 17.1 Å². The molecule has 0 saturated carbocycles. The molecule has 2 aromatic carbocycles. The summed E-state index contributed by atoms with van der Waals surface area (Å²) < 4.78 is 5.35. The van der Waals surface area contributed by atoms with Gasteiger partial charge in [-0.05, 0) is 43.5 Å². The maximum Gasteiger partial charge on any atom is 0.143 e. The molecule has 1 atom stereocenters. The average molecular weight is 268 g/mol. The Kier molecular flexibility index (Phi) is 3.26. The summed E-state index contributed by atoms with van der Waals surface area (Å²) in [6.07, 6.45) is 2.26. The summed E-state index contributed by atoms with van der Waals surface area (Å²) in [5, 5.41) is 0. The summed E-state index contributed by atoms with van der Waals surface area (Å²) in [5.41, 5.74) is 10.7. The molecule has 104 valence electrons. The highest BCUT2D eigenvalue weighted by molar-refractivity contribution is 5.81. The van der Waals surface area contributed by atoms with Crippen LogP contribution in [-0.2, 0) is 6.42 Å². The first-order chi connectivity index (χ1) is 9.72. The number of nitrogens with two attached hydrogens (primary N) is 1. The van der Waals surface area contributed by atoms with Crippen molar-refractivity contribution in [2.45, 2.75) is 25.8 Å². The van der Waals surface area contributed by atoms with Gasteiger partial charge in [-0.1, -0.05) is 24.3 Å². The van der Waals surface area contributed by atoms with E-state index in [1.54, 1.807) is 7.11 Å². The number of para-hydroxylation sites is 2. The lowest BCUT2D eigenvalue weighted by Gasteiger charge is -2.38. The molecular formula is C17H20N2O. The second-order valence-corrected chi connectivity index (χ2v) is 5.28. The van der Waals surface area contributed by atoms with E-state index in [2.05, 4.69) is 42.2 Å². The molecule has 1 unspecified atom stereocenters. The SMILES string of the molecule is COc1cccc(N2c3ccccc3CCC2C)c1N. The Morgan fingerprint density at radius 3 is 2.65 bits per heavy atom. The number of anilines is 3. The topological polar surface area (TPSA) is 38.5 Å². The molecule has 1 aliphatic heterocycles. The van der Waals surface area contributed by atoms with Crippen LogP contribution in [0.5, 0.6) is 5.75 Å². The predicted molar refractivity (Wildman–Crippen MR) is 83.8 cm³/mol. The highest BCUT2D eigenvalue weighted by atomic mass is 16.5. The van der Waals surface area contributed by atoms with E-state index in [0.717, 1.165) is 24.3 Å². The Morgan fingerprint density at radius 1 is 1.10 bits per heavy atom. The van der Waals surface area contributed by atoms with Crippen molar-refractivity contribution >= 4 is 17.1 Å². The third-order valence-corrected chi connectivity index (χ3v) is 4.05. The lowest BCUT2D eigenvalue weighted by atomic mass is 9.95. The smallest absolute Gasteiger partial charge is 0.143 e. The van der Waals surface area contributed by atoms with Gasteiger partial charge in [-0.15, -0.1) is 0 Å². The molecule has 0 fully saturated rings. The molecule has 1 aliphatic rings. The Labute approximate surface area is 120 Å². The third kappa shape index (κ3) is 1.99. The number of nitrogen functional groups attached to an aromatic ring is 1. The van der Waals surface area contributed by atoms with E-state index >= 15 is 0 Å². The first kappa shape index (κ1) is 12.9. The third-order valence-electron chi connectivity index (χ3n) is 4.05. The Bertz CT molecular complexity index is 624. The van der Waals surface area contributed by atoms with E-state index in [-0.39, 0.29) is 0 Å². The molecular weight excluding hydrogens is 248 g/mol. The molecule has 3 rings (SSSR count). The van der Waals surface area contributed by atoms with Crippen molar-refractivity contribution in [2.24, 2.45) is 0 Å². The highest BCUT2D eigenvalue weighted by Crippen LogP contribution is 2.41. The summed E-state index contributed by atoms with van der Waals surface area (Å²) in [4.78, 5) is 2.33. The Morgan fingerprint density at radius 2 is 1.85 bits per heavy atom. The van der Waals surface area contributed by atoms with Gasteiger partial charge in [0.05, 0.1) is 18.5 Å². The summed E-state index contributed by atoms with van der Waals surface area (Å²) in [6.45, 7) is 2.24. The monoisotopic (exact) mass is 268 g/mol. The van der Waals surface area contributed by atoms with Crippen molar-refractivity contribution in [1.82, 2.24) is 0 Å². The second kappa shape index (κ2) is 5.08. The van der Waals surface area contributed by atoms with Crippen LogP contribution < -0.4 is 15.4 Å². The first-order valence-corrected chi connectivity index (χ1v) is 7.02. The highest BCUT2D eigenvalue weighted by Gasteiger charge is 2.26. The molecule has 0 radical (unpaired) electrons. The van der Waals surface area contributed by atoms with Crippen molar-refractivity contribution in [1.29, 1.82) is 0 Å². The van der Waals surface area contributed by atoms with Crippen LogP contribution in [0, 0.1) is 0 Å². The Balaban J connectivity index is 2.14. The number of ether oxygens (including phenoxy) is 1. The van der Waals surface area contributed by atoms with Crippen molar-refractivity contribution in [3.05, 3.63) is 48.0 Å². The molecule has 1 heterocycles. The Hall–Kier alpha value is -2.16. The number of hydrogen-bond acceptors (Lipinski definition) is 3. The maximum absolute atomic E-state index is 6.28. The van der Waals surface area contributed by atoms with Gasteiger partial charge in [-0.25, -0.2) is 0 Å². The predicted octanol–water partition coefficient (Wildman–Crippen LogP) is 3.75. The van der Waals surface area contributed by atoms with Crippen molar-refractivity contribution in [2.75, 3.05) is 17.7 Å². The molecule has 2 N–H and O–H groups in total. The van der Waals surface area contributed by atoms with E-state index in [4.69, 9.17) is 10.5 Å². The summed E-state index contributed by atoms with van der Waals surface area (Å²) in [7, 11) is 1.66. The van der Waals surface area contributed by atoms with Gasteiger partial charge in [-0.3, -0.25) is 0 Å². The fourth-order valence-electron chi connectivity index (χ4n) is 2.98. The fourth-order valence-corrected chi connectivity index (χ4v) is 2.98. The zero-order valence-electron chi connectivity index (χ0n) is 12.0. The van der Waals surface area contributed by atoms with Gasteiger partial charge >= 0.3 is 0 Å². The van der Waals surface area contributed by atoms with Gasteiger partial charge in [0.2, 0.25) is 0 Å². The number of fused-ring (bicyclic) bond motifs is 1. The van der Waals surface area contributed by atoms with Crippen LogP contribution in [0.2, 0.25) is 0 Å². The van der Waals surface area contributed by atoms with Crippen molar-refractivity contribution in [3.63, 3.8) is 0 Å². The van der Waals surface area contributed by atoms with E-state index in [9.17, 15) is 0 Å². The zero-order valence-corrected chi connectivity index (χ0v) is 12.0. The van der Waals surface area contributed by atoms with Gasteiger partial charge in [-0.2, -0.15) is 0 Å². The number of hydrogen-bond donors (Lipinski definition) is 1. The van der Waals surface area contributed by atoms with Gasteiger partial charge in [0.1, 0.15) is 5.75 Å². The minimum atomic E-state index is 0.430. The van der Waals surface area contributed by atoms with Gasteiger partial charge in [0, 0.05) is 11.7 Å². The molecule has 2 aromatic rings. The van der Waals surface area contributed by atoms with Gasteiger partial charge in [0.15, 0.2) is 0 Å². The molecule has 20 heavy (non-hydrogen) atoms. The first-order valence-electron chi connectivity index (χ1n) is 7.02. The molecule has 0 spiro atoms. The second-order valence-electron chi connectivity index (χ2n) is 5.28. The average Bonchev–Trinajstić information content (AvgIpc) is 2.48. The van der Waals surface area contributed by atoms with Crippen LogP contribution in [0.25, 0.3) is 0 Å². The van der Waals surface area contributed by atoms with Gasteiger partial charge < -0.3 is 15.4 Å². The minimum Gasteiger partial charge on any atom is -0.495 e. The molecule has 0 bridgehead atoms. The van der Waals surface area contributed by atoms with E-state index in [1.165, 1.54) is 11.3 Å². The lowest BCUT2D eigenvalue weighted by molar-refractivity contribution is 0.417. The van der Waals surface area contributed by atoms with Gasteiger partial charge in [0.25, 0.3) is 0 Å². The molecule has 0 aliphatic carbocycles. The van der Waals surface area contributed by atoms with E-state index in [0.29, 0.717) is 11.7 Å². The van der Waals surface area contributed by atoms with Crippen molar-refractivity contribution < 1.29 is 4.74 Å². The van der Waals surface area contributed by atoms with E-state index < -0.39 is 0 Å². The van der Waals surface area contributed by atoms with Crippen LogP contribution in [0.1, 0.15) is 18.9 Å². The quantitative estimate of drug-likeness (QED) is 0.843. The van der Waals surface area contributed by atoms with E-state index in [1.807, 2.05) is 12.1 Å². The number of nitrogens with zero attached hydrogens (tertiary/aromatic N) is 1. The van der Waals surface area contributed by atoms with Crippen LogP contribution >= 0.6 is 0 Å². The van der Waals surface area contributed by atoms with Crippen LogP contribution in [0.15, 0.2) is 42.5 Å². The summed E-state index contributed by atoms with van der Waals surface area (Å²) >= 11 is 0. The number of aryl methyl sites for hydroxylation is 1. The standard InChI is InChI=1S/C17H20N2O/c1-12-10-11-13-6-3-4-7-14(13)19(12)15-8-5-9-16(20-2)17(15)18/h3-9,12H,10-11,18H2,1-2H3. The number of benzene rings is 2. The minimum absolute atomic E-state index is 0.430. The maximum atomic E-state index is 6.28. The number of rotatable bonds is 2. The number of methoxy groups -OCH3 is 1. The largest absolute Gasteiger partial charge is 0.495 e. The molecule has 3 heteroatoms. The summed E-state index contributed by atoms with van der Waals surface area (Å²) in [6, 6.07) is 14.9. The molecule has 3 nitrogen and oxygen atoms in total. The molecule has 0 amide bonds.